The highest BCUT2D eigenvalue weighted by atomic mass is 16.2. The molecule has 1 aliphatic heterocycles. The summed E-state index contributed by atoms with van der Waals surface area (Å²) in [5.74, 6) is 0.102. The normalized spacial score (nSPS) is 17.8. The van der Waals surface area contributed by atoms with Crippen LogP contribution in [0.4, 0.5) is 0 Å². The van der Waals surface area contributed by atoms with Crippen molar-refractivity contribution in [2.45, 2.75) is 39.7 Å². The van der Waals surface area contributed by atoms with Gasteiger partial charge in [-0.3, -0.25) is 9.78 Å². The van der Waals surface area contributed by atoms with Gasteiger partial charge in [0.1, 0.15) is 0 Å². The Kier molecular flexibility index (Phi) is 3.97. The van der Waals surface area contributed by atoms with Crippen LogP contribution < -0.4 is 0 Å². The number of pyridine rings is 1. The molecule has 0 N–H and O–H groups in total. The maximum atomic E-state index is 12.7. The van der Waals surface area contributed by atoms with E-state index in [0.29, 0.717) is 11.6 Å². The largest absolute Gasteiger partial charge is 0.336 e. The maximum Gasteiger partial charge on any atom is 0.255 e. The topological polar surface area (TPSA) is 33.2 Å². The number of carbonyl (C=O) groups excluding carboxylic acids is 1. The van der Waals surface area contributed by atoms with E-state index in [0.717, 1.165) is 30.5 Å². The first kappa shape index (κ1) is 14.8. The summed E-state index contributed by atoms with van der Waals surface area (Å²) < 4.78 is 0. The molecule has 1 atom stereocenters. The lowest BCUT2D eigenvalue weighted by atomic mass is 9.98. The number of aromatic nitrogens is 1. The lowest BCUT2D eigenvalue weighted by Gasteiger charge is -2.21. The monoisotopic (exact) mass is 294 g/mol. The van der Waals surface area contributed by atoms with E-state index < -0.39 is 0 Å². The fourth-order valence-electron chi connectivity index (χ4n) is 3.15. The number of benzene rings is 1. The smallest absolute Gasteiger partial charge is 0.255 e. The second-order valence-electron chi connectivity index (χ2n) is 6.27. The van der Waals surface area contributed by atoms with Crippen molar-refractivity contribution in [3.8, 4) is 11.1 Å². The SMILES string of the molecule is Cc1ccc(C)c(-c2cncc(C(=O)N3CCCC3C)c2)c1. The van der Waals surface area contributed by atoms with Gasteiger partial charge in [0.15, 0.2) is 0 Å². The molecule has 22 heavy (non-hydrogen) atoms. The summed E-state index contributed by atoms with van der Waals surface area (Å²) >= 11 is 0. The van der Waals surface area contributed by atoms with E-state index in [4.69, 9.17) is 0 Å². The third kappa shape index (κ3) is 2.76. The zero-order valence-corrected chi connectivity index (χ0v) is 13.5. The molecule has 0 spiro atoms. The number of hydrogen-bond donors (Lipinski definition) is 0. The van der Waals surface area contributed by atoms with Crippen molar-refractivity contribution in [2.75, 3.05) is 6.54 Å². The van der Waals surface area contributed by atoms with Crippen molar-refractivity contribution in [3.63, 3.8) is 0 Å². The van der Waals surface area contributed by atoms with Crippen LogP contribution in [0.5, 0.6) is 0 Å². The van der Waals surface area contributed by atoms with Crippen LogP contribution in [0.2, 0.25) is 0 Å². The summed E-state index contributed by atoms with van der Waals surface area (Å²) in [5, 5.41) is 0. The predicted molar refractivity (Wildman–Crippen MR) is 88.9 cm³/mol. The molecule has 2 heterocycles. The minimum absolute atomic E-state index is 0.102. The summed E-state index contributed by atoms with van der Waals surface area (Å²) in [6.45, 7) is 7.14. The van der Waals surface area contributed by atoms with Crippen LogP contribution >= 0.6 is 0 Å². The highest BCUT2D eigenvalue weighted by Crippen LogP contribution is 2.26. The summed E-state index contributed by atoms with van der Waals surface area (Å²) in [6.07, 6.45) is 5.71. The van der Waals surface area contributed by atoms with E-state index >= 15 is 0 Å². The van der Waals surface area contributed by atoms with Gasteiger partial charge >= 0.3 is 0 Å². The molecule has 1 fully saturated rings. The first-order chi connectivity index (χ1) is 10.6. The molecule has 1 amide bonds. The molecule has 0 bridgehead atoms. The molecule has 0 aliphatic carbocycles. The van der Waals surface area contributed by atoms with Gasteiger partial charge in [0, 0.05) is 30.5 Å². The van der Waals surface area contributed by atoms with Crippen LogP contribution in [0.1, 0.15) is 41.3 Å². The first-order valence-corrected chi connectivity index (χ1v) is 7.90. The molecule has 3 heteroatoms. The minimum Gasteiger partial charge on any atom is -0.336 e. The number of rotatable bonds is 2. The Morgan fingerprint density at radius 2 is 2.05 bits per heavy atom. The van der Waals surface area contributed by atoms with Crippen molar-refractivity contribution in [1.82, 2.24) is 9.88 Å². The fourth-order valence-corrected chi connectivity index (χ4v) is 3.15. The number of nitrogens with zero attached hydrogens (tertiary/aromatic N) is 2. The Morgan fingerprint density at radius 1 is 1.23 bits per heavy atom. The zero-order valence-electron chi connectivity index (χ0n) is 13.5. The summed E-state index contributed by atoms with van der Waals surface area (Å²) in [6, 6.07) is 8.67. The van der Waals surface area contributed by atoms with Crippen molar-refractivity contribution in [3.05, 3.63) is 53.3 Å². The lowest BCUT2D eigenvalue weighted by molar-refractivity contribution is 0.0747. The highest BCUT2D eigenvalue weighted by Gasteiger charge is 2.26. The van der Waals surface area contributed by atoms with Gasteiger partial charge < -0.3 is 4.90 Å². The van der Waals surface area contributed by atoms with Crippen molar-refractivity contribution < 1.29 is 4.79 Å². The van der Waals surface area contributed by atoms with Crippen LogP contribution in [-0.4, -0.2) is 28.4 Å². The fraction of sp³-hybridized carbons (Fsp3) is 0.368. The summed E-state index contributed by atoms with van der Waals surface area (Å²) in [7, 11) is 0. The maximum absolute atomic E-state index is 12.7. The van der Waals surface area contributed by atoms with E-state index in [2.05, 4.69) is 44.0 Å². The van der Waals surface area contributed by atoms with Gasteiger partial charge in [-0.2, -0.15) is 0 Å². The summed E-state index contributed by atoms with van der Waals surface area (Å²) in [4.78, 5) is 18.9. The molecule has 0 saturated carbocycles. The van der Waals surface area contributed by atoms with Gasteiger partial charge in [0.05, 0.1) is 5.56 Å². The van der Waals surface area contributed by atoms with E-state index in [1.54, 1.807) is 6.20 Å². The number of aryl methyl sites for hydroxylation is 2. The molecule has 1 aromatic heterocycles. The highest BCUT2D eigenvalue weighted by molar-refractivity contribution is 5.95. The third-order valence-corrected chi connectivity index (χ3v) is 4.50. The molecule has 1 aliphatic rings. The number of amides is 1. The molecule has 3 rings (SSSR count). The molecule has 1 aromatic carbocycles. The van der Waals surface area contributed by atoms with E-state index in [9.17, 15) is 4.79 Å². The van der Waals surface area contributed by atoms with Crippen molar-refractivity contribution in [1.29, 1.82) is 0 Å². The van der Waals surface area contributed by atoms with Crippen LogP contribution in [0.3, 0.4) is 0 Å². The first-order valence-electron chi connectivity index (χ1n) is 7.90. The van der Waals surface area contributed by atoms with E-state index in [-0.39, 0.29) is 5.91 Å². The summed E-state index contributed by atoms with van der Waals surface area (Å²) in [5.41, 5.74) is 5.26. The average Bonchev–Trinajstić information content (AvgIpc) is 2.95. The second-order valence-corrected chi connectivity index (χ2v) is 6.27. The van der Waals surface area contributed by atoms with Gasteiger partial charge in [-0.25, -0.2) is 0 Å². The number of carbonyl (C=O) groups is 1. The molecule has 1 unspecified atom stereocenters. The van der Waals surface area contributed by atoms with Crippen LogP contribution in [0.15, 0.2) is 36.7 Å². The van der Waals surface area contributed by atoms with Crippen molar-refractivity contribution in [2.24, 2.45) is 0 Å². The Bertz CT molecular complexity index is 708. The van der Waals surface area contributed by atoms with Crippen LogP contribution in [0.25, 0.3) is 11.1 Å². The molecular weight excluding hydrogens is 272 g/mol. The Hall–Kier alpha value is -2.16. The quantitative estimate of drug-likeness (QED) is 0.839. The number of likely N-dealkylation sites (tertiary alicyclic amines) is 1. The average molecular weight is 294 g/mol. The van der Waals surface area contributed by atoms with Gasteiger partial charge in [-0.1, -0.05) is 23.8 Å². The lowest BCUT2D eigenvalue weighted by Crippen LogP contribution is -2.33. The molecule has 2 aromatic rings. The molecular formula is C19H22N2O. The zero-order chi connectivity index (χ0) is 15.7. The van der Waals surface area contributed by atoms with Crippen LogP contribution in [-0.2, 0) is 0 Å². The standard InChI is InChI=1S/C19H22N2O/c1-13-6-7-14(2)18(9-13)16-10-17(12-20-11-16)19(22)21-8-4-5-15(21)3/h6-7,9-12,15H,4-5,8H2,1-3H3. The Labute approximate surface area is 132 Å². The molecule has 0 radical (unpaired) electrons. The van der Waals surface area contributed by atoms with Crippen molar-refractivity contribution >= 4 is 5.91 Å². The van der Waals surface area contributed by atoms with Gasteiger partial charge in [-0.15, -0.1) is 0 Å². The minimum atomic E-state index is 0.102. The Balaban J connectivity index is 1.96. The molecule has 1 saturated heterocycles. The predicted octanol–water partition coefficient (Wildman–Crippen LogP) is 3.99. The van der Waals surface area contributed by atoms with E-state index in [1.807, 2.05) is 17.2 Å². The van der Waals surface area contributed by atoms with Gasteiger partial charge in [-0.05, 0) is 50.8 Å². The molecule has 3 nitrogen and oxygen atoms in total. The van der Waals surface area contributed by atoms with Gasteiger partial charge in [0.25, 0.3) is 5.91 Å². The molecule has 114 valence electrons. The Morgan fingerprint density at radius 3 is 2.77 bits per heavy atom. The van der Waals surface area contributed by atoms with E-state index in [1.165, 1.54) is 11.1 Å². The van der Waals surface area contributed by atoms with Gasteiger partial charge in [0.2, 0.25) is 0 Å². The van der Waals surface area contributed by atoms with Crippen LogP contribution in [0, 0.1) is 13.8 Å². The third-order valence-electron chi connectivity index (χ3n) is 4.50. The second kappa shape index (κ2) is 5.91. The number of hydrogen-bond acceptors (Lipinski definition) is 2.